The smallest absolute Gasteiger partial charge is 0.164 e. The number of hydrogen-bond acceptors (Lipinski definition) is 5. The molecular formula is C13H18N2O2S. The molecule has 4 nitrogen and oxygen atoms in total. The fraction of sp³-hybridized carbons (Fsp3) is 0.462. The van der Waals surface area contributed by atoms with Crippen LogP contribution in [0.1, 0.15) is 13.8 Å². The maximum absolute atomic E-state index is 9.84. The first-order valence-corrected chi connectivity index (χ1v) is 6.81. The van der Waals surface area contributed by atoms with Gasteiger partial charge in [-0.3, -0.25) is 0 Å². The van der Waals surface area contributed by atoms with Gasteiger partial charge in [0.15, 0.2) is 11.4 Å². The van der Waals surface area contributed by atoms with Crippen LogP contribution < -0.4 is 10.1 Å². The molecule has 1 heterocycles. The highest BCUT2D eigenvalue weighted by Gasteiger charge is 2.30. The van der Waals surface area contributed by atoms with E-state index in [9.17, 15) is 5.11 Å². The number of aliphatic imine (C=N–C) groups is 1. The average Bonchev–Trinajstić information content (AvgIpc) is 2.70. The van der Waals surface area contributed by atoms with Gasteiger partial charge in [0.05, 0.1) is 12.4 Å². The van der Waals surface area contributed by atoms with Crippen molar-refractivity contribution in [1.82, 2.24) is 0 Å². The van der Waals surface area contributed by atoms with E-state index in [1.54, 1.807) is 18.9 Å². The summed E-state index contributed by atoms with van der Waals surface area (Å²) in [7, 11) is 1.64. The number of benzene rings is 1. The minimum absolute atomic E-state index is 0.123. The topological polar surface area (TPSA) is 53.8 Å². The number of nitrogens with zero attached hydrogens (tertiary/aromatic N) is 1. The van der Waals surface area contributed by atoms with Crippen molar-refractivity contribution < 1.29 is 9.84 Å². The van der Waals surface area contributed by atoms with Gasteiger partial charge in [-0.2, -0.15) is 0 Å². The van der Waals surface area contributed by atoms with Crippen molar-refractivity contribution in [2.75, 3.05) is 12.4 Å². The number of thioether (sulfide) groups is 1. The monoisotopic (exact) mass is 266 g/mol. The molecule has 2 unspecified atom stereocenters. The van der Waals surface area contributed by atoms with Crippen LogP contribution in [-0.2, 0) is 0 Å². The predicted octanol–water partition coefficient (Wildman–Crippen LogP) is 2.55. The summed E-state index contributed by atoms with van der Waals surface area (Å²) in [5.74, 6) is 1.18. The normalized spacial score (nSPS) is 23.1. The fourth-order valence-corrected chi connectivity index (χ4v) is 2.84. The van der Waals surface area contributed by atoms with E-state index in [1.807, 2.05) is 24.3 Å². The minimum Gasteiger partial charge on any atom is -0.497 e. The Labute approximate surface area is 111 Å². The SMILES string of the molecule is COc1cccc(NC2=NC(O)C(C(C)C)S2)c1. The maximum atomic E-state index is 9.84. The molecule has 5 heteroatoms. The molecule has 0 saturated heterocycles. The molecule has 0 fully saturated rings. The first kappa shape index (κ1) is 13.2. The molecule has 18 heavy (non-hydrogen) atoms. The quantitative estimate of drug-likeness (QED) is 0.883. The van der Waals surface area contributed by atoms with Gasteiger partial charge in [0.2, 0.25) is 0 Å². The lowest BCUT2D eigenvalue weighted by atomic mass is 10.1. The van der Waals surface area contributed by atoms with Crippen LogP contribution in [0, 0.1) is 5.92 Å². The van der Waals surface area contributed by atoms with Crippen LogP contribution in [0.2, 0.25) is 0 Å². The number of rotatable bonds is 3. The zero-order chi connectivity index (χ0) is 13.1. The van der Waals surface area contributed by atoms with Gasteiger partial charge in [0, 0.05) is 11.8 Å². The van der Waals surface area contributed by atoms with E-state index < -0.39 is 6.23 Å². The van der Waals surface area contributed by atoms with Crippen molar-refractivity contribution in [1.29, 1.82) is 0 Å². The second-order valence-electron chi connectivity index (χ2n) is 4.53. The summed E-state index contributed by atoms with van der Waals surface area (Å²) in [6, 6.07) is 7.65. The van der Waals surface area contributed by atoms with Gasteiger partial charge in [-0.1, -0.05) is 31.7 Å². The summed E-state index contributed by atoms with van der Waals surface area (Å²) in [5, 5.41) is 13.9. The third-order valence-electron chi connectivity index (χ3n) is 2.77. The number of hydrogen-bond donors (Lipinski definition) is 2. The second-order valence-corrected chi connectivity index (χ2v) is 5.70. The number of nitrogens with one attached hydrogen (secondary N) is 1. The Bertz CT molecular complexity index is 448. The van der Waals surface area contributed by atoms with Crippen molar-refractivity contribution in [3.05, 3.63) is 24.3 Å². The zero-order valence-corrected chi connectivity index (χ0v) is 11.6. The molecule has 98 valence electrons. The number of aliphatic hydroxyl groups excluding tert-OH is 1. The highest BCUT2D eigenvalue weighted by molar-refractivity contribution is 8.15. The second kappa shape index (κ2) is 5.63. The lowest BCUT2D eigenvalue weighted by Crippen LogP contribution is -2.22. The number of anilines is 1. The van der Waals surface area contributed by atoms with Crippen LogP contribution >= 0.6 is 11.8 Å². The molecule has 0 amide bonds. The Morgan fingerprint density at radius 2 is 2.22 bits per heavy atom. The third-order valence-corrected chi connectivity index (χ3v) is 4.26. The summed E-state index contributed by atoms with van der Waals surface area (Å²) in [6.45, 7) is 4.18. The molecule has 0 radical (unpaired) electrons. The minimum atomic E-state index is -0.622. The van der Waals surface area contributed by atoms with Gasteiger partial charge in [0.25, 0.3) is 0 Å². The van der Waals surface area contributed by atoms with Crippen molar-refractivity contribution in [3.63, 3.8) is 0 Å². The molecule has 0 bridgehead atoms. The van der Waals surface area contributed by atoms with Gasteiger partial charge in [-0.15, -0.1) is 0 Å². The lowest BCUT2D eigenvalue weighted by Gasteiger charge is -2.15. The largest absolute Gasteiger partial charge is 0.497 e. The van der Waals surface area contributed by atoms with Crippen LogP contribution in [0.15, 0.2) is 29.3 Å². The zero-order valence-electron chi connectivity index (χ0n) is 10.8. The molecule has 0 aliphatic carbocycles. The number of methoxy groups -OCH3 is 1. The summed E-state index contributed by atoms with van der Waals surface area (Å²) in [4.78, 5) is 4.23. The molecule has 2 atom stereocenters. The van der Waals surface area contributed by atoms with E-state index in [-0.39, 0.29) is 5.25 Å². The first-order valence-electron chi connectivity index (χ1n) is 5.93. The number of aliphatic hydroxyl groups is 1. The van der Waals surface area contributed by atoms with E-state index in [4.69, 9.17) is 4.74 Å². The summed E-state index contributed by atoms with van der Waals surface area (Å²) in [6.07, 6.45) is -0.622. The van der Waals surface area contributed by atoms with Crippen molar-refractivity contribution >= 4 is 22.6 Å². The van der Waals surface area contributed by atoms with Gasteiger partial charge < -0.3 is 15.2 Å². The standard InChI is InChI=1S/C13H18N2O2S/c1-8(2)11-12(16)15-13(18-11)14-9-5-4-6-10(7-9)17-3/h4-8,11-12,16H,1-3H3,(H,14,15). The molecular weight excluding hydrogens is 248 g/mol. The summed E-state index contributed by atoms with van der Waals surface area (Å²) < 4.78 is 5.16. The van der Waals surface area contributed by atoms with Crippen molar-refractivity contribution in [3.8, 4) is 5.75 Å². The van der Waals surface area contributed by atoms with Gasteiger partial charge in [0.1, 0.15) is 5.75 Å². The summed E-state index contributed by atoms with van der Waals surface area (Å²) >= 11 is 1.58. The van der Waals surface area contributed by atoms with Crippen molar-refractivity contribution in [2.24, 2.45) is 10.9 Å². The van der Waals surface area contributed by atoms with Crippen LogP contribution in [0.5, 0.6) is 5.75 Å². The molecule has 0 saturated carbocycles. The molecule has 2 N–H and O–H groups in total. The Morgan fingerprint density at radius 3 is 2.83 bits per heavy atom. The Morgan fingerprint density at radius 1 is 1.44 bits per heavy atom. The van der Waals surface area contributed by atoms with E-state index in [2.05, 4.69) is 24.2 Å². The molecule has 1 aliphatic rings. The lowest BCUT2D eigenvalue weighted by molar-refractivity contribution is 0.169. The fourth-order valence-electron chi connectivity index (χ4n) is 1.78. The molecule has 1 aliphatic heterocycles. The molecule has 1 aromatic rings. The maximum Gasteiger partial charge on any atom is 0.164 e. The van der Waals surface area contributed by atoms with E-state index in [1.165, 1.54) is 0 Å². The molecule has 0 aromatic heterocycles. The van der Waals surface area contributed by atoms with E-state index >= 15 is 0 Å². The molecule has 2 rings (SSSR count). The third kappa shape index (κ3) is 2.97. The molecule has 1 aromatic carbocycles. The van der Waals surface area contributed by atoms with Crippen LogP contribution in [0.25, 0.3) is 0 Å². The Hall–Kier alpha value is -1.20. The van der Waals surface area contributed by atoms with Gasteiger partial charge in [-0.05, 0) is 18.1 Å². The summed E-state index contributed by atoms with van der Waals surface area (Å²) in [5.41, 5.74) is 0.914. The average molecular weight is 266 g/mol. The molecule has 0 spiro atoms. The first-order chi connectivity index (χ1) is 8.60. The van der Waals surface area contributed by atoms with Crippen molar-refractivity contribution in [2.45, 2.75) is 25.3 Å². The van der Waals surface area contributed by atoms with Gasteiger partial charge >= 0.3 is 0 Å². The Balaban J connectivity index is 2.04. The number of ether oxygens (including phenoxy) is 1. The Kier molecular flexibility index (Phi) is 4.14. The highest BCUT2D eigenvalue weighted by Crippen LogP contribution is 2.32. The van der Waals surface area contributed by atoms with Gasteiger partial charge in [-0.25, -0.2) is 4.99 Å². The van der Waals surface area contributed by atoms with Crippen LogP contribution in [0.3, 0.4) is 0 Å². The highest BCUT2D eigenvalue weighted by atomic mass is 32.2. The van der Waals surface area contributed by atoms with E-state index in [0.29, 0.717) is 5.92 Å². The van der Waals surface area contributed by atoms with Crippen LogP contribution in [0.4, 0.5) is 5.69 Å². The van der Waals surface area contributed by atoms with Crippen LogP contribution in [-0.4, -0.2) is 28.9 Å². The number of amidine groups is 1. The van der Waals surface area contributed by atoms with E-state index in [0.717, 1.165) is 16.6 Å². The predicted molar refractivity (Wildman–Crippen MR) is 76.3 cm³/mol.